The molecule has 4 heteroatoms. The van der Waals surface area contributed by atoms with Gasteiger partial charge in [-0.1, -0.05) is 44.9 Å². The third-order valence-electron chi connectivity index (χ3n) is 4.15. The summed E-state index contributed by atoms with van der Waals surface area (Å²) in [6, 6.07) is 8.25. The lowest BCUT2D eigenvalue weighted by atomic mass is 10.0. The second-order valence-electron chi connectivity index (χ2n) is 5.57. The lowest BCUT2D eigenvalue weighted by molar-refractivity contribution is 0.235. The zero-order valence-corrected chi connectivity index (χ0v) is 13.4. The van der Waals surface area contributed by atoms with Crippen molar-refractivity contribution in [2.75, 3.05) is 20.1 Å². The van der Waals surface area contributed by atoms with E-state index in [0.717, 1.165) is 31.2 Å². The van der Waals surface area contributed by atoms with Crippen molar-refractivity contribution in [3.63, 3.8) is 0 Å². The van der Waals surface area contributed by atoms with Crippen molar-refractivity contribution in [1.82, 2.24) is 10.6 Å². The van der Waals surface area contributed by atoms with Crippen LogP contribution in [0.5, 0.6) is 5.75 Å². The van der Waals surface area contributed by atoms with Crippen LogP contribution < -0.4 is 15.4 Å². The summed E-state index contributed by atoms with van der Waals surface area (Å²) in [5, 5.41) is 6.76. The zero-order valence-electron chi connectivity index (χ0n) is 13.4. The summed E-state index contributed by atoms with van der Waals surface area (Å²) in [7, 11) is 1.81. The molecule has 116 valence electrons. The molecule has 1 aliphatic heterocycles. The Morgan fingerprint density at radius 2 is 2.05 bits per heavy atom. The van der Waals surface area contributed by atoms with Gasteiger partial charge < -0.3 is 15.4 Å². The van der Waals surface area contributed by atoms with E-state index >= 15 is 0 Å². The molecule has 1 atom stereocenters. The Hall–Kier alpha value is -1.71. The lowest BCUT2D eigenvalue weighted by Gasteiger charge is -2.18. The topological polar surface area (TPSA) is 45.7 Å². The Kier molecular flexibility index (Phi) is 5.90. The van der Waals surface area contributed by atoms with Crippen molar-refractivity contribution >= 4 is 5.96 Å². The summed E-state index contributed by atoms with van der Waals surface area (Å²) in [5.74, 6) is 2.58. The highest BCUT2D eigenvalue weighted by atomic mass is 16.5. The van der Waals surface area contributed by atoms with Gasteiger partial charge in [0.25, 0.3) is 0 Å². The van der Waals surface area contributed by atoms with Gasteiger partial charge in [-0.15, -0.1) is 0 Å². The molecule has 4 nitrogen and oxygen atoms in total. The van der Waals surface area contributed by atoms with Crippen molar-refractivity contribution in [2.24, 2.45) is 10.9 Å². The summed E-state index contributed by atoms with van der Waals surface area (Å²) in [6.07, 6.45) is 3.55. The number of aliphatic imine (C=N–C) groups is 1. The van der Waals surface area contributed by atoms with Crippen LogP contribution in [-0.2, 0) is 6.42 Å². The van der Waals surface area contributed by atoms with Crippen LogP contribution in [0.25, 0.3) is 0 Å². The molecule has 0 spiro atoms. The average Bonchev–Trinajstić information content (AvgIpc) is 2.94. The Morgan fingerprint density at radius 1 is 1.29 bits per heavy atom. The fourth-order valence-corrected chi connectivity index (χ4v) is 2.62. The van der Waals surface area contributed by atoms with Crippen LogP contribution >= 0.6 is 0 Å². The lowest BCUT2D eigenvalue weighted by Crippen LogP contribution is -2.43. The summed E-state index contributed by atoms with van der Waals surface area (Å²) in [6.45, 7) is 6.21. The van der Waals surface area contributed by atoms with Gasteiger partial charge >= 0.3 is 0 Å². The molecule has 0 amide bonds. The molecule has 1 heterocycles. The summed E-state index contributed by atoms with van der Waals surface area (Å²) < 4.78 is 5.92. The Morgan fingerprint density at radius 3 is 2.71 bits per heavy atom. The van der Waals surface area contributed by atoms with Crippen LogP contribution in [-0.4, -0.2) is 32.2 Å². The number of guanidine groups is 1. The van der Waals surface area contributed by atoms with Gasteiger partial charge in [0, 0.05) is 20.0 Å². The van der Waals surface area contributed by atoms with Crippen molar-refractivity contribution in [3.05, 3.63) is 29.8 Å². The fraction of sp³-hybridized carbons (Fsp3) is 0.588. The van der Waals surface area contributed by atoms with Crippen LogP contribution in [0.15, 0.2) is 29.3 Å². The highest BCUT2D eigenvalue weighted by molar-refractivity contribution is 5.79. The quantitative estimate of drug-likeness (QED) is 0.625. The third kappa shape index (κ3) is 4.38. The molecule has 0 aromatic heterocycles. The Bertz CT molecular complexity index is 444. The maximum atomic E-state index is 5.92. The number of benzene rings is 1. The molecule has 0 saturated heterocycles. The molecule has 0 radical (unpaired) electrons. The van der Waals surface area contributed by atoms with E-state index in [4.69, 9.17) is 4.74 Å². The first-order valence-corrected chi connectivity index (χ1v) is 7.95. The predicted molar refractivity (Wildman–Crippen MR) is 88.0 cm³/mol. The maximum Gasteiger partial charge on any atom is 0.191 e. The van der Waals surface area contributed by atoms with Gasteiger partial charge in [-0.25, -0.2) is 0 Å². The van der Waals surface area contributed by atoms with Gasteiger partial charge in [0.15, 0.2) is 5.96 Å². The van der Waals surface area contributed by atoms with E-state index in [0.29, 0.717) is 5.92 Å². The van der Waals surface area contributed by atoms with E-state index in [1.165, 1.54) is 18.4 Å². The first kappa shape index (κ1) is 15.7. The molecule has 0 aliphatic carbocycles. The second kappa shape index (κ2) is 7.91. The normalized spacial score (nSPS) is 17.5. The summed E-state index contributed by atoms with van der Waals surface area (Å²) >= 11 is 0. The van der Waals surface area contributed by atoms with E-state index in [-0.39, 0.29) is 6.10 Å². The van der Waals surface area contributed by atoms with Crippen LogP contribution in [0.2, 0.25) is 0 Å². The molecule has 1 aromatic carbocycles. The van der Waals surface area contributed by atoms with Crippen molar-refractivity contribution in [3.8, 4) is 5.75 Å². The minimum atomic E-state index is 0.189. The van der Waals surface area contributed by atoms with Gasteiger partial charge in [0.1, 0.15) is 11.9 Å². The van der Waals surface area contributed by atoms with Gasteiger partial charge in [-0.2, -0.15) is 0 Å². The number of nitrogens with one attached hydrogen (secondary N) is 2. The van der Waals surface area contributed by atoms with Crippen molar-refractivity contribution in [2.45, 2.75) is 39.2 Å². The fourth-order valence-electron chi connectivity index (χ4n) is 2.62. The van der Waals surface area contributed by atoms with Gasteiger partial charge in [0.2, 0.25) is 0 Å². The van der Waals surface area contributed by atoms with E-state index in [1.54, 1.807) is 0 Å². The van der Waals surface area contributed by atoms with Gasteiger partial charge in [-0.05, 0) is 17.5 Å². The van der Waals surface area contributed by atoms with Crippen molar-refractivity contribution in [1.29, 1.82) is 0 Å². The van der Waals surface area contributed by atoms with E-state index in [2.05, 4.69) is 41.6 Å². The van der Waals surface area contributed by atoms with Crippen LogP contribution in [0.3, 0.4) is 0 Å². The predicted octanol–water partition coefficient (Wildman–Crippen LogP) is 2.59. The van der Waals surface area contributed by atoms with Crippen LogP contribution in [0, 0.1) is 5.92 Å². The maximum absolute atomic E-state index is 5.92. The minimum Gasteiger partial charge on any atom is -0.488 e. The number of hydrogen-bond donors (Lipinski definition) is 2. The number of rotatable bonds is 6. The van der Waals surface area contributed by atoms with Crippen LogP contribution in [0.1, 0.15) is 32.3 Å². The van der Waals surface area contributed by atoms with Gasteiger partial charge in [0.05, 0.1) is 6.54 Å². The highest BCUT2D eigenvalue weighted by Crippen LogP contribution is 2.27. The monoisotopic (exact) mass is 289 g/mol. The Labute approximate surface area is 128 Å². The van der Waals surface area contributed by atoms with Crippen molar-refractivity contribution < 1.29 is 4.74 Å². The molecule has 2 N–H and O–H groups in total. The standard InChI is InChI=1S/C17H27N3O/c1-4-13(5-2)11-19-17(18-3)20-12-15-10-14-8-6-7-9-16(14)21-15/h6-9,13,15H,4-5,10-12H2,1-3H3,(H2,18,19,20). The molecule has 1 aliphatic rings. The first-order valence-electron chi connectivity index (χ1n) is 7.95. The van der Waals surface area contributed by atoms with Gasteiger partial charge in [-0.3, -0.25) is 4.99 Å². The number of para-hydroxylation sites is 1. The first-order chi connectivity index (χ1) is 10.3. The Balaban J connectivity index is 1.75. The van der Waals surface area contributed by atoms with Crippen LogP contribution in [0.4, 0.5) is 0 Å². The molecular formula is C17H27N3O. The molecule has 0 fully saturated rings. The highest BCUT2D eigenvalue weighted by Gasteiger charge is 2.22. The molecule has 0 saturated carbocycles. The molecule has 1 aromatic rings. The SMILES string of the molecule is CCC(CC)CNC(=NC)NCC1Cc2ccccc2O1. The second-order valence-corrected chi connectivity index (χ2v) is 5.57. The number of ether oxygens (including phenoxy) is 1. The largest absolute Gasteiger partial charge is 0.488 e. The van der Waals surface area contributed by atoms with E-state index in [9.17, 15) is 0 Å². The average molecular weight is 289 g/mol. The molecule has 1 unspecified atom stereocenters. The summed E-state index contributed by atoms with van der Waals surface area (Å²) in [5.41, 5.74) is 1.30. The minimum absolute atomic E-state index is 0.189. The third-order valence-corrected chi connectivity index (χ3v) is 4.15. The zero-order chi connectivity index (χ0) is 15.1. The molecule has 0 bridgehead atoms. The number of hydrogen-bond acceptors (Lipinski definition) is 2. The molecular weight excluding hydrogens is 262 g/mol. The smallest absolute Gasteiger partial charge is 0.191 e. The van der Waals surface area contributed by atoms with E-state index < -0.39 is 0 Å². The summed E-state index contributed by atoms with van der Waals surface area (Å²) in [4.78, 5) is 4.28. The number of fused-ring (bicyclic) bond motifs is 1. The molecule has 2 rings (SSSR count). The van der Waals surface area contributed by atoms with E-state index in [1.807, 2.05) is 19.2 Å². The number of nitrogens with zero attached hydrogens (tertiary/aromatic N) is 1. The molecule has 21 heavy (non-hydrogen) atoms.